The molecule has 0 radical (unpaired) electrons. The van der Waals surface area contributed by atoms with Crippen molar-refractivity contribution in [3.63, 3.8) is 0 Å². The molecular weight excluding hydrogens is 277 g/mol. The molecule has 0 unspecified atom stereocenters. The van der Waals surface area contributed by atoms with Gasteiger partial charge in [-0.05, 0) is 25.1 Å². The lowest BCUT2D eigenvalue weighted by molar-refractivity contribution is 0.102. The van der Waals surface area contributed by atoms with Crippen LogP contribution in [0.4, 0.5) is 11.6 Å². The second-order valence-corrected chi connectivity index (χ2v) is 4.43. The monoisotopic (exact) mass is 285 g/mol. The van der Waals surface area contributed by atoms with Gasteiger partial charge in [-0.2, -0.15) is 0 Å². The average Bonchev–Trinajstić information content (AvgIpc) is 2.63. The zero-order valence-corrected chi connectivity index (χ0v) is 10.8. The lowest BCUT2D eigenvalue weighted by Crippen LogP contribution is -2.14. The van der Waals surface area contributed by atoms with Gasteiger partial charge in [-0.1, -0.05) is 28.4 Å². The van der Waals surface area contributed by atoms with E-state index in [1.54, 1.807) is 25.1 Å². The fourth-order valence-electron chi connectivity index (χ4n) is 1.44. The molecule has 0 fully saturated rings. The zero-order valence-electron chi connectivity index (χ0n) is 9.33. The van der Waals surface area contributed by atoms with Crippen LogP contribution in [-0.4, -0.2) is 11.1 Å². The van der Waals surface area contributed by atoms with Crippen LogP contribution in [0.25, 0.3) is 0 Å². The minimum atomic E-state index is -0.449. The Hall–Kier alpha value is -1.72. The molecular formula is C11H9Cl2N3O2. The van der Waals surface area contributed by atoms with E-state index in [1.807, 2.05) is 0 Å². The maximum absolute atomic E-state index is 12.0. The number of benzene rings is 1. The summed E-state index contributed by atoms with van der Waals surface area (Å²) in [7, 11) is 0. The van der Waals surface area contributed by atoms with E-state index in [1.165, 1.54) is 0 Å². The third-order valence-electron chi connectivity index (χ3n) is 2.29. The number of amides is 1. The molecule has 2 aromatic rings. The summed E-state index contributed by atoms with van der Waals surface area (Å²) >= 11 is 11.8. The van der Waals surface area contributed by atoms with E-state index in [9.17, 15) is 4.79 Å². The number of hydrogen-bond donors (Lipinski definition) is 2. The molecule has 5 nitrogen and oxygen atoms in total. The number of rotatable bonds is 2. The number of nitrogens with one attached hydrogen (secondary N) is 1. The number of aromatic nitrogens is 1. The second kappa shape index (κ2) is 4.88. The first-order chi connectivity index (χ1) is 8.49. The van der Waals surface area contributed by atoms with Gasteiger partial charge in [-0.15, -0.1) is 0 Å². The largest absolute Gasteiger partial charge is 0.367 e. The average molecular weight is 286 g/mol. The molecule has 18 heavy (non-hydrogen) atoms. The van der Waals surface area contributed by atoms with Crippen molar-refractivity contribution >= 4 is 40.7 Å². The highest BCUT2D eigenvalue weighted by atomic mass is 35.5. The number of nitrogens with two attached hydrogens (primary N) is 1. The summed E-state index contributed by atoms with van der Waals surface area (Å²) < 4.78 is 4.72. The summed E-state index contributed by atoms with van der Waals surface area (Å²) in [5.41, 5.74) is 6.50. The highest BCUT2D eigenvalue weighted by Gasteiger charge is 2.19. The van der Waals surface area contributed by atoms with E-state index < -0.39 is 5.91 Å². The van der Waals surface area contributed by atoms with E-state index in [0.717, 1.165) is 0 Å². The maximum Gasteiger partial charge on any atom is 0.263 e. The topological polar surface area (TPSA) is 81.2 Å². The third-order valence-corrected chi connectivity index (χ3v) is 2.86. The van der Waals surface area contributed by atoms with Crippen molar-refractivity contribution in [3.8, 4) is 0 Å². The quantitative estimate of drug-likeness (QED) is 0.888. The van der Waals surface area contributed by atoms with E-state index in [2.05, 4.69) is 10.5 Å². The van der Waals surface area contributed by atoms with Crippen molar-refractivity contribution in [2.24, 2.45) is 0 Å². The SMILES string of the molecule is Cc1noc(N)c1C(=O)Nc1cc(Cl)ccc1Cl. The molecule has 0 saturated heterocycles. The van der Waals surface area contributed by atoms with Gasteiger partial charge in [0.05, 0.1) is 16.4 Å². The van der Waals surface area contributed by atoms with Crippen LogP contribution in [0, 0.1) is 6.92 Å². The highest BCUT2D eigenvalue weighted by molar-refractivity contribution is 6.36. The molecule has 7 heteroatoms. The Morgan fingerprint density at radius 3 is 2.78 bits per heavy atom. The van der Waals surface area contributed by atoms with Gasteiger partial charge >= 0.3 is 0 Å². The molecule has 0 spiro atoms. The highest BCUT2D eigenvalue weighted by Crippen LogP contribution is 2.26. The molecule has 0 aliphatic carbocycles. The first-order valence-corrected chi connectivity index (χ1v) is 5.73. The minimum Gasteiger partial charge on any atom is -0.367 e. The minimum absolute atomic E-state index is 0.0387. The smallest absolute Gasteiger partial charge is 0.263 e. The number of carbonyl (C=O) groups is 1. The molecule has 1 amide bonds. The number of carbonyl (C=O) groups excluding carboxylic acids is 1. The molecule has 0 saturated carbocycles. The number of nitrogens with zero attached hydrogens (tertiary/aromatic N) is 1. The van der Waals surface area contributed by atoms with Crippen molar-refractivity contribution in [1.29, 1.82) is 0 Å². The van der Waals surface area contributed by atoms with E-state index >= 15 is 0 Å². The van der Waals surface area contributed by atoms with Crippen LogP contribution in [0.2, 0.25) is 10.0 Å². The van der Waals surface area contributed by atoms with Crippen molar-refractivity contribution in [2.45, 2.75) is 6.92 Å². The third kappa shape index (κ3) is 2.42. The normalized spacial score (nSPS) is 10.4. The van der Waals surface area contributed by atoms with Gasteiger partial charge in [0.1, 0.15) is 5.56 Å². The van der Waals surface area contributed by atoms with Crippen LogP contribution in [0.5, 0.6) is 0 Å². The van der Waals surface area contributed by atoms with Gasteiger partial charge in [0.15, 0.2) is 0 Å². The zero-order chi connectivity index (χ0) is 13.3. The summed E-state index contributed by atoms with van der Waals surface area (Å²) in [5.74, 6) is -0.487. The lowest BCUT2D eigenvalue weighted by atomic mass is 10.2. The second-order valence-electron chi connectivity index (χ2n) is 3.59. The Kier molecular flexibility index (Phi) is 3.45. The van der Waals surface area contributed by atoms with E-state index in [4.69, 9.17) is 33.5 Å². The van der Waals surface area contributed by atoms with Gasteiger partial charge in [0.25, 0.3) is 5.91 Å². The molecule has 1 heterocycles. The molecule has 3 N–H and O–H groups in total. The van der Waals surface area contributed by atoms with Gasteiger partial charge < -0.3 is 15.6 Å². The first-order valence-electron chi connectivity index (χ1n) is 4.97. The van der Waals surface area contributed by atoms with Crippen LogP contribution >= 0.6 is 23.2 Å². The summed E-state index contributed by atoms with van der Waals surface area (Å²) in [6.07, 6.45) is 0. The molecule has 94 valence electrons. The Bertz CT molecular complexity index is 591. The standard InChI is InChI=1S/C11H9Cl2N3O2/c1-5-9(10(14)18-16-5)11(17)15-8-4-6(12)2-3-7(8)13/h2-4H,14H2,1H3,(H,15,17). The van der Waals surface area contributed by atoms with Crippen LogP contribution in [0.15, 0.2) is 22.7 Å². The van der Waals surface area contributed by atoms with Gasteiger partial charge in [0.2, 0.25) is 5.88 Å². The Morgan fingerprint density at radius 1 is 1.44 bits per heavy atom. The van der Waals surface area contributed by atoms with E-state index in [-0.39, 0.29) is 11.4 Å². The fourth-order valence-corrected chi connectivity index (χ4v) is 1.78. The molecule has 0 aliphatic rings. The summed E-state index contributed by atoms with van der Waals surface area (Å²) in [4.78, 5) is 12.0. The number of nitrogen functional groups attached to an aromatic ring is 1. The van der Waals surface area contributed by atoms with Crippen molar-refractivity contribution < 1.29 is 9.32 Å². The summed E-state index contributed by atoms with van der Waals surface area (Å²) in [5, 5.41) is 7.04. The van der Waals surface area contributed by atoms with Crippen LogP contribution in [-0.2, 0) is 0 Å². The number of anilines is 2. The first kappa shape index (κ1) is 12.7. The molecule has 0 bridgehead atoms. The maximum atomic E-state index is 12.0. The van der Waals surface area contributed by atoms with Crippen molar-refractivity contribution in [3.05, 3.63) is 39.5 Å². The molecule has 1 aromatic carbocycles. The predicted octanol–water partition coefficient (Wildman–Crippen LogP) is 3.12. The van der Waals surface area contributed by atoms with Crippen LogP contribution in [0.1, 0.15) is 16.1 Å². The summed E-state index contributed by atoms with van der Waals surface area (Å²) in [6.45, 7) is 1.62. The molecule has 1 aromatic heterocycles. The van der Waals surface area contributed by atoms with Gasteiger partial charge in [-0.3, -0.25) is 4.79 Å². The summed E-state index contributed by atoms with van der Waals surface area (Å²) in [6, 6.07) is 4.75. The van der Waals surface area contributed by atoms with Crippen molar-refractivity contribution in [2.75, 3.05) is 11.1 Å². The van der Waals surface area contributed by atoms with Crippen LogP contribution in [0.3, 0.4) is 0 Å². The molecule has 0 atom stereocenters. The fraction of sp³-hybridized carbons (Fsp3) is 0.0909. The number of aryl methyl sites for hydroxylation is 1. The van der Waals surface area contributed by atoms with Crippen LogP contribution < -0.4 is 11.1 Å². The number of hydrogen-bond acceptors (Lipinski definition) is 4. The van der Waals surface area contributed by atoms with Gasteiger partial charge in [-0.25, -0.2) is 0 Å². The van der Waals surface area contributed by atoms with Crippen molar-refractivity contribution in [1.82, 2.24) is 5.16 Å². The Labute approximate surface area is 113 Å². The predicted molar refractivity (Wildman–Crippen MR) is 70.1 cm³/mol. The molecule has 0 aliphatic heterocycles. The number of halogens is 2. The van der Waals surface area contributed by atoms with E-state index in [0.29, 0.717) is 21.4 Å². The van der Waals surface area contributed by atoms with Gasteiger partial charge in [0, 0.05) is 5.02 Å². The Morgan fingerprint density at radius 2 is 2.17 bits per heavy atom. The lowest BCUT2D eigenvalue weighted by Gasteiger charge is -2.07. The Balaban J connectivity index is 2.30. The molecule has 2 rings (SSSR count).